The molecule has 23 heavy (non-hydrogen) atoms. The lowest BCUT2D eigenvalue weighted by atomic mass is 10.0. The summed E-state index contributed by atoms with van der Waals surface area (Å²) in [5.74, 6) is 1.82. The molecule has 0 radical (unpaired) electrons. The Morgan fingerprint density at radius 2 is 1.35 bits per heavy atom. The first-order valence-corrected chi connectivity index (χ1v) is 14.2. The minimum absolute atomic E-state index is 0.652. The second kappa shape index (κ2) is 8.58. The third-order valence-electron chi connectivity index (χ3n) is 5.66. The molecular weight excluding hydrogens is 324 g/mol. The first kappa shape index (κ1) is 19.6. The number of hydrogen-bond acceptors (Lipinski definition) is 4. The van der Waals surface area contributed by atoms with Gasteiger partial charge in [-0.05, 0) is 64.5 Å². The highest BCUT2D eigenvalue weighted by atomic mass is 28.4. The average molecular weight is 361 g/mol. The van der Waals surface area contributed by atoms with Crippen molar-refractivity contribution >= 4 is 17.1 Å². The summed E-state index contributed by atoms with van der Waals surface area (Å²) in [5.41, 5.74) is 1.67. The van der Waals surface area contributed by atoms with E-state index in [0.717, 1.165) is 29.7 Å². The Morgan fingerprint density at radius 3 is 1.74 bits per heavy atom. The van der Waals surface area contributed by atoms with Crippen LogP contribution in [0.3, 0.4) is 0 Å². The summed E-state index contributed by atoms with van der Waals surface area (Å²) < 4.78 is 24.9. The van der Waals surface area contributed by atoms with Gasteiger partial charge in [-0.15, -0.1) is 0 Å². The number of rotatable bonds is 11. The highest BCUT2D eigenvalue weighted by Crippen LogP contribution is 2.57. The van der Waals surface area contributed by atoms with E-state index in [9.17, 15) is 0 Å². The van der Waals surface area contributed by atoms with Crippen LogP contribution in [0.25, 0.3) is 0 Å². The Labute approximate surface area is 144 Å². The zero-order valence-corrected chi connectivity index (χ0v) is 17.7. The number of hydrogen-bond donors (Lipinski definition) is 0. The SMILES string of the molecule is CCO[Si](C[Si](C)(OCC)C1CC2CCC1C2)(OCC)OCC. The van der Waals surface area contributed by atoms with Gasteiger partial charge in [0.25, 0.3) is 0 Å². The van der Waals surface area contributed by atoms with Crippen molar-refractivity contribution < 1.29 is 17.7 Å². The third kappa shape index (κ3) is 4.47. The molecule has 0 saturated heterocycles. The van der Waals surface area contributed by atoms with Crippen molar-refractivity contribution in [1.29, 1.82) is 0 Å². The summed E-state index contributed by atoms with van der Waals surface area (Å²) in [6.45, 7) is 13.4. The molecule has 0 amide bonds. The van der Waals surface area contributed by atoms with Crippen LogP contribution in [0.5, 0.6) is 0 Å². The van der Waals surface area contributed by atoms with E-state index in [2.05, 4.69) is 13.5 Å². The predicted octanol–water partition coefficient (Wildman–Crippen LogP) is 4.38. The van der Waals surface area contributed by atoms with Crippen LogP contribution in [0.4, 0.5) is 0 Å². The Bertz CT molecular complexity index is 351. The number of fused-ring (bicyclic) bond motifs is 2. The fourth-order valence-electron chi connectivity index (χ4n) is 4.98. The summed E-state index contributed by atoms with van der Waals surface area (Å²) in [6.07, 6.45) is 5.62. The van der Waals surface area contributed by atoms with Crippen LogP contribution in [0.2, 0.25) is 17.8 Å². The van der Waals surface area contributed by atoms with Crippen LogP contribution in [-0.4, -0.2) is 43.5 Å². The maximum atomic E-state index is 6.49. The molecule has 4 nitrogen and oxygen atoms in total. The average Bonchev–Trinajstić information content (AvgIpc) is 3.11. The topological polar surface area (TPSA) is 36.9 Å². The van der Waals surface area contributed by atoms with Gasteiger partial charge in [0.1, 0.15) is 0 Å². The van der Waals surface area contributed by atoms with Crippen molar-refractivity contribution in [3.8, 4) is 0 Å². The molecule has 6 heteroatoms. The highest BCUT2D eigenvalue weighted by Gasteiger charge is 2.57. The lowest BCUT2D eigenvalue weighted by Gasteiger charge is -2.42. The quantitative estimate of drug-likeness (QED) is 0.513. The molecule has 0 aromatic rings. The van der Waals surface area contributed by atoms with Crippen molar-refractivity contribution in [3.63, 3.8) is 0 Å². The lowest BCUT2D eigenvalue weighted by Crippen LogP contribution is -2.56. The van der Waals surface area contributed by atoms with Crippen LogP contribution < -0.4 is 0 Å². The van der Waals surface area contributed by atoms with Gasteiger partial charge in [-0.25, -0.2) is 0 Å². The van der Waals surface area contributed by atoms with E-state index < -0.39 is 17.1 Å². The second-order valence-electron chi connectivity index (χ2n) is 7.19. The summed E-state index contributed by atoms with van der Waals surface area (Å²) >= 11 is 0. The monoisotopic (exact) mass is 360 g/mol. The molecule has 0 aromatic heterocycles. The van der Waals surface area contributed by atoms with Crippen molar-refractivity contribution in [1.82, 2.24) is 0 Å². The molecular formula is C17H36O4Si2. The molecule has 0 N–H and O–H groups in total. The molecule has 0 aliphatic heterocycles. The van der Waals surface area contributed by atoms with Crippen molar-refractivity contribution in [2.24, 2.45) is 11.8 Å². The molecule has 2 rings (SSSR count). The van der Waals surface area contributed by atoms with Gasteiger partial charge in [-0.1, -0.05) is 12.8 Å². The fourth-order valence-corrected chi connectivity index (χ4v) is 15.7. The molecule has 2 saturated carbocycles. The van der Waals surface area contributed by atoms with Crippen LogP contribution in [0.15, 0.2) is 0 Å². The lowest BCUT2D eigenvalue weighted by molar-refractivity contribution is 0.0737. The molecule has 136 valence electrons. The fraction of sp³-hybridized carbons (Fsp3) is 1.00. The van der Waals surface area contributed by atoms with Gasteiger partial charge in [0.2, 0.25) is 0 Å². The summed E-state index contributed by atoms with van der Waals surface area (Å²) in [7, 11) is -4.56. The van der Waals surface area contributed by atoms with Gasteiger partial charge in [-0.3, -0.25) is 0 Å². The maximum absolute atomic E-state index is 6.49. The molecule has 2 fully saturated rings. The van der Waals surface area contributed by atoms with Crippen LogP contribution >= 0.6 is 0 Å². The van der Waals surface area contributed by atoms with Crippen molar-refractivity contribution in [2.75, 3.05) is 26.4 Å². The van der Waals surface area contributed by atoms with Crippen LogP contribution in [0.1, 0.15) is 53.4 Å². The summed E-state index contributed by atoms with van der Waals surface area (Å²) in [5, 5.41) is 0. The maximum Gasteiger partial charge on any atom is 0.500 e. The molecule has 2 aliphatic carbocycles. The molecule has 2 bridgehead atoms. The third-order valence-corrected chi connectivity index (χ3v) is 15.6. The molecule has 2 aliphatic rings. The van der Waals surface area contributed by atoms with Gasteiger partial charge in [0.15, 0.2) is 8.32 Å². The normalized spacial score (nSPS) is 29.9. The largest absolute Gasteiger partial charge is 0.500 e. The van der Waals surface area contributed by atoms with E-state index in [0.29, 0.717) is 19.8 Å². The first-order chi connectivity index (χ1) is 11.0. The van der Waals surface area contributed by atoms with Gasteiger partial charge in [-0.2, -0.15) is 0 Å². The van der Waals surface area contributed by atoms with E-state index in [1.165, 1.54) is 25.7 Å². The van der Waals surface area contributed by atoms with Gasteiger partial charge in [0, 0.05) is 32.1 Å². The van der Waals surface area contributed by atoms with Gasteiger partial charge < -0.3 is 17.7 Å². The van der Waals surface area contributed by atoms with E-state index in [1.54, 1.807) is 0 Å². The zero-order valence-electron chi connectivity index (χ0n) is 15.7. The Balaban J connectivity index is 2.19. The minimum Gasteiger partial charge on any atom is -0.417 e. The molecule has 4 atom stereocenters. The van der Waals surface area contributed by atoms with Crippen molar-refractivity contribution in [3.05, 3.63) is 0 Å². The van der Waals surface area contributed by atoms with E-state index in [-0.39, 0.29) is 0 Å². The highest BCUT2D eigenvalue weighted by molar-refractivity contribution is 6.87. The van der Waals surface area contributed by atoms with Crippen LogP contribution in [-0.2, 0) is 17.7 Å². The van der Waals surface area contributed by atoms with E-state index in [4.69, 9.17) is 17.7 Å². The Morgan fingerprint density at radius 1 is 0.783 bits per heavy atom. The molecule has 0 heterocycles. The molecule has 0 aromatic carbocycles. The Kier molecular flexibility index (Phi) is 7.31. The van der Waals surface area contributed by atoms with E-state index >= 15 is 0 Å². The summed E-state index contributed by atoms with van der Waals surface area (Å²) in [4.78, 5) is 0. The minimum atomic E-state index is -2.63. The molecule has 0 spiro atoms. The molecule has 4 unspecified atom stereocenters. The zero-order chi connectivity index (χ0) is 16.9. The van der Waals surface area contributed by atoms with Gasteiger partial charge >= 0.3 is 8.80 Å². The predicted molar refractivity (Wildman–Crippen MR) is 97.9 cm³/mol. The second-order valence-corrected chi connectivity index (χ2v) is 14.5. The first-order valence-electron chi connectivity index (χ1n) is 9.58. The Hall–Kier alpha value is 0.274. The van der Waals surface area contributed by atoms with Gasteiger partial charge in [0.05, 0.1) is 0 Å². The van der Waals surface area contributed by atoms with Crippen molar-refractivity contribution in [2.45, 2.75) is 71.1 Å². The van der Waals surface area contributed by atoms with Crippen LogP contribution in [0, 0.1) is 11.8 Å². The summed E-state index contributed by atoms with van der Waals surface area (Å²) in [6, 6.07) is 0. The van der Waals surface area contributed by atoms with E-state index in [1.807, 2.05) is 20.8 Å². The standard InChI is InChI=1S/C17H36O4Si2/c1-6-18-22(5,17-13-15-10-11-16(17)12-15)14-23(19-7-2,20-8-3)21-9-4/h15-17H,6-14H2,1-5H3. The smallest absolute Gasteiger partial charge is 0.417 e.